The number of rotatable bonds is 7. The van der Waals surface area contributed by atoms with Crippen LogP contribution in [0, 0.1) is 6.92 Å². The zero-order valence-electron chi connectivity index (χ0n) is 17.6. The van der Waals surface area contributed by atoms with E-state index in [4.69, 9.17) is 4.74 Å². The molecule has 0 bridgehead atoms. The zero-order valence-corrected chi connectivity index (χ0v) is 17.6. The summed E-state index contributed by atoms with van der Waals surface area (Å²) in [6.45, 7) is 5.24. The van der Waals surface area contributed by atoms with Gasteiger partial charge in [-0.15, -0.1) is 0 Å². The van der Waals surface area contributed by atoms with Gasteiger partial charge in [0.2, 0.25) is 0 Å². The highest BCUT2D eigenvalue weighted by atomic mass is 16.5. The van der Waals surface area contributed by atoms with Crippen LogP contribution in [-0.4, -0.2) is 17.1 Å². The molecule has 1 heterocycles. The minimum Gasteiger partial charge on any atom is -0.466 e. The predicted molar refractivity (Wildman–Crippen MR) is 123 cm³/mol. The molecule has 3 heteroatoms. The largest absolute Gasteiger partial charge is 0.466 e. The van der Waals surface area contributed by atoms with E-state index in [1.54, 1.807) is 0 Å². The molecule has 3 aromatic carbocycles. The summed E-state index contributed by atoms with van der Waals surface area (Å²) in [6, 6.07) is 27.3. The van der Waals surface area contributed by atoms with Crippen molar-refractivity contribution in [2.24, 2.45) is 0 Å². The van der Waals surface area contributed by atoms with Gasteiger partial charge in [-0.05, 0) is 48.6 Å². The average Bonchev–Trinajstić information content (AvgIpc) is 3.04. The van der Waals surface area contributed by atoms with Crippen molar-refractivity contribution in [1.29, 1.82) is 0 Å². The third kappa shape index (κ3) is 4.02. The van der Waals surface area contributed by atoms with Gasteiger partial charge in [-0.3, -0.25) is 4.79 Å². The predicted octanol–water partition coefficient (Wildman–Crippen LogP) is 5.97. The van der Waals surface area contributed by atoms with Gasteiger partial charge >= 0.3 is 5.97 Å². The number of hydrogen-bond donors (Lipinski definition) is 0. The van der Waals surface area contributed by atoms with Crippen molar-refractivity contribution in [3.8, 4) is 11.1 Å². The number of carbonyl (C=O) groups is 1. The molecule has 0 fully saturated rings. The minimum atomic E-state index is -0.175. The lowest BCUT2D eigenvalue weighted by Gasteiger charge is -2.09. The van der Waals surface area contributed by atoms with Crippen molar-refractivity contribution in [1.82, 2.24) is 4.57 Å². The van der Waals surface area contributed by atoms with Gasteiger partial charge < -0.3 is 9.30 Å². The maximum atomic E-state index is 12.4. The Balaban J connectivity index is 1.83. The Hall–Kier alpha value is -3.33. The number of nitrogens with zero attached hydrogens (tertiary/aromatic N) is 1. The van der Waals surface area contributed by atoms with Crippen LogP contribution in [0.25, 0.3) is 22.0 Å². The first kappa shape index (κ1) is 20.0. The highest BCUT2D eigenvalue weighted by molar-refractivity contribution is 6.00. The molecule has 0 radical (unpaired) electrons. The molecular formula is C27H27NO2. The first-order chi connectivity index (χ1) is 14.7. The van der Waals surface area contributed by atoms with Gasteiger partial charge in [0.25, 0.3) is 0 Å². The number of hydrogen-bond acceptors (Lipinski definition) is 2. The van der Waals surface area contributed by atoms with Crippen LogP contribution in [0.4, 0.5) is 0 Å². The Morgan fingerprint density at radius 2 is 1.60 bits per heavy atom. The molecule has 0 aliphatic carbocycles. The number of ether oxygens (including phenoxy) is 1. The number of fused-ring (bicyclic) bond motifs is 1. The van der Waals surface area contributed by atoms with Crippen LogP contribution in [0.3, 0.4) is 0 Å². The van der Waals surface area contributed by atoms with E-state index in [1.165, 1.54) is 11.1 Å². The highest BCUT2D eigenvalue weighted by Gasteiger charge is 2.20. The second kappa shape index (κ2) is 9.00. The topological polar surface area (TPSA) is 31.2 Å². The maximum absolute atomic E-state index is 12.4. The van der Waals surface area contributed by atoms with E-state index < -0.39 is 0 Å². The molecule has 0 atom stereocenters. The molecule has 0 N–H and O–H groups in total. The lowest BCUT2D eigenvalue weighted by atomic mass is 9.97. The molecule has 0 saturated carbocycles. The number of aromatic nitrogens is 1. The van der Waals surface area contributed by atoms with Crippen molar-refractivity contribution < 1.29 is 9.53 Å². The monoisotopic (exact) mass is 397 g/mol. The maximum Gasteiger partial charge on any atom is 0.310 e. The second-order valence-corrected chi connectivity index (χ2v) is 7.50. The third-order valence-electron chi connectivity index (χ3n) is 5.65. The van der Waals surface area contributed by atoms with Gasteiger partial charge in [0, 0.05) is 23.1 Å². The van der Waals surface area contributed by atoms with Gasteiger partial charge in [0.15, 0.2) is 0 Å². The van der Waals surface area contributed by atoms with Crippen LogP contribution < -0.4 is 0 Å². The summed E-state index contributed by atoms with van der Waals surface area (Å²) in [5.41, 5.74) is 7.00. The van der Waals surface area contributed by atoms with E-state index in [-0.39, 0.29) is 5.97 Å². The Morgan fingerprint density at radius 1 is 0.900 bits per heavy atom. The van der Waals surface area contributed by atoms with Crippen LogP contribution in [0.1, 0.15) is 23.7 Å². The summed E-state index contributed by atoms with van der Waals surface area (Å²) < 4.78 is 7.64. The van der Waals surface area contributed by atoms with Crippen molar-refractivity contribution in [2.45, 2.75) is 33.2 Å². The van der Waals surface area contributed by atoms with Crippen LogP contribution >= 0.6 is 0 Å². The van der Waals surface area contributed by atoms with Crippen molar-refractivity contribution in [3.05, 3.63) is 95.7 Å². The first-order valence-corrected chi connectivity index (χ1v) is 10.5. The lowest BCUT2D eigenvalue weighted by molar-refractivity contribution is -0.142. The first-order valence-electron chi connectivity index (χ1n) is 10.5. The summed E-state index contributed by atoms with van der Waals surface area (Å²) in [5, 5.41) is 1.15. The standard InChI is InChI=1S/C27H27NO2/c1-3-30-26(29)19-24-20(2)28(18-17-21-11-6-4-7-12-21)25-16-10-15-23(27(24)25)22-13-8-5-9-14-22/h4-16H,3,17-19H2,1-2H3. The second-order valence-electron chi connectivity index (χ2n) is 7.50. The van der Waals surface area contributed by atoms with Gasteiger partial charge in [-0.2, -0.15) is 0 Å². The van der Waals surface area contributed by atoms with Crippen molar-refractivity contribution in [3.63, 3.8) is 0 Å². The highest BCUT2D eigenvalue weighted by Crippen LogP contribution is 2.35. The average molecular weight is 398 g/mol. The molecule has 0 saturated heterocycles. The molecule has 30 heavy (non-hydrogen) atoms. The van der Waals surface area contributed by atoms with E-state index in [1.807, 2.05) is 19.1 Å². The van der Waals surface area contributed by atoms with Crippen LogP contribution in [0.2, 0.25) is 0 Å². The van der Waals surface area contributed by atoms with E-state index in [0.29, 0.717) is 13.0 Å². The molecule has 0 unspecified atom stereocenters. The summed E-state index contributed by atoms with van der Waals surface area (Å²) in [7, 11) is 0. The fraction of sp³-hybridized carbons (Fsp3) is 0.222. The van der Waals surface area contributed by atoms with Gasteiger partial charge in [0.05, 0.1) is 13.0 Å². The lowest BCUT2D eigenvalue weighted by Crippen LogP contribution is -2.09. The molecule has 4 rings (SSSR count). The zero-order chi connectivity index (χ0) is 20.9. The Morgan fingerprint density at radius 3 is 2.30 bits per heavy atom. The normalized spacial score (nSPS) is 11.0. The number of carbonyl (C=O) groups excluding carboxylic acids is 1. The number of benzene rings is 3. The fourth-order valence-electron chi connectivity index (χ4n) is 4.21. The summed E-state index contributed by atoms with van der Waals surface area (Å²) >= 11 is 0. The van der Waals surface area contributed by atoms with Crippen LogP contribution in [-0.2, 0) is 28.9 Å². The number of esters is 1. The van der Waals surface area contributed by atoms with Crippen molar-refractivity contribution in [2.75, 3.05) is 6.61 Å². The third-order valence-corrected chi connectivity index (χ3v) is 5.65. The van der Waals surface area contributed by atoms with E-state index >= 15 is 0 Å². The minimum absolute atomic E-state index is 0.175. The molecule has 0 spiro atoms. The molecule has 4 aromatic rings. The summed E-state index contributed by atoms with van der Waals surface area (Å²) in [6.07, 6.45) is 1.23. The summed E-state index contributed by atoms with van der Waals surface area (Å²) in [5.74, 6) is -0.175. The molecule has 0 aliphatic heterocycles. The smallest absolute Gasteiger partial charge is 0.310 e. The van der Waals surface area contributed by atoms with Gasteiger partial charge in [0.1, 0.15) is 0 Å². The molecule has 152 valence electrons. The molecule has 3 nitrogen and oxygen atoms in total. The Kier molecular flexibility index (Phi) is 5.99. The van der Waals surface area contributed by atoms with Crippen LogP contribution in [0.5, 0.6) is 0 Å². The summed E-state index contributed by atoms with van der Waals surface area (Å²) in [4.78, 5) is 12.4. The van der Waals surface area contributed by atoms with E-state index in [9.17, 15) is 4.79 Å². The van der Waals surface area contributed by atoms with Crippen LogP contribution in [0.15, 0.2) is 78.9 Å². The quantitative estimate of drug-likeness (QED) is 0.360. The molecule has 0 aliphatic rings. The molecule has 1 aromatic heterocycles. The SMILES string of the molecule is CCOC(=O)Cc1c(C)n(CCc2ccccc2)c2cccc(-c3ccccc3)c12. The Labute approximate surface area is 177 Å². The molecular weight excluding hydrogens is 370 g/mol. The van der Waals surface area contributed by atoms with Gasteiger partial charge in [-0.25, -0.2) is 0 Å². The Bertz CT molecular complexity index is 1140. The van der Waals surface area contributed by atoms with E-state index in [2.05, 4.69) is 78.2 Å². The van der Waals surface area contributed by atoms with E-state index in [0.717, 1.165) is 40.7 Å². The number of aryl methyl sites for hydroxylation is 2. The van der Waals surface area contributed by atoms with Gasteiger partial charge in [-0.1, -0.05) is 72.8 Å². The fourth-order valence-corrected chi connectivity index (χ4v) is 4.21. The van der Waals surface area contributed by atoms with Crippen molar-refractivity contribution >= 4 is 16.9 Å². The molecule has 0 amide bonds.